The maximum atomic E-state index is 12.7. The molecular weight excluding hydrogens is 492 g/mol. The molecule has 0 fully saturated rings. The molecule has 0 radical (unpaired) electrons. The van der Waals surface area contributed by atoms with Crippen LogP contribution in [0.2, 0.25) is 0 Å². The number of carboxylic acid groups (broad SMARTS) is 1. The van der Waals surface area contributed by atoms with Crippen LogP contribution < -0.4 is 14.8 Å². The van der Waals surface area contributed by atoms with Crippen molar-refractivity contribution in [3.8, 4) is 23.0 Å². The molecule has 4 aromatic rings. The second-order valence-corrected chi connectivity index (χ2v) is 9.09. The molecule has 0 bridgehead atoms. The van der Waals surface area contributed by atoms with Crippen LogP contribution in [0.15, 0.2) is 63.7 Å². The Kier molecular flexibility index (Phi) is 8.58. The average Bonchev–Trinajstić information content (AvgIpc) is 3.53. The van der Waals surface area contributed by atoms with Gasteiger partial charge in [0.2, 0.25) is 5.89 Å². The summed E-state index contributed by atoms with van der Waals surface area (Å²) in [5, 5.41) is 15.5. The van der Waals surface area contributed by atoms with E-state index in [-0.39, 0.29) is 18.9 Å². The molecule has 0 unspecified atom stereocenters. The van der Waals surface area contributed by atoms with Crippen molar-refractivity contribution in [3.05, 3.63) is 87.4 Å². The highest BCUT2D eigenvalue weighted by atomic mass is 32.1. The van der Waals surface area contributed by atoms with Crippen molar-refractivity contribution in [3.63, 3.8) is 0 Å². The Morgan fingerprint density at radius 1 is 1.08 bits per heavy atom. The van der Waals surface area contributed by atoms with Gasteiger partial charge in [-0.25, -0.2) is 4.98 Å². The number of carbonyl (C=O) groups is 2. The molecule has 0 aliphatic heterocycles. The maximum absolute atomic E-state index is 12.7. The van der Waals surface area contributed by atoms with Gasteiger partial charge in [-0.2, -0.15) is 0 Å². The fraction of sp³-hybridized carbons (Fsp3) is 0.250. The molecule has 8 nitrogen and oxygen atoms in total. The number of benzene rings is 2. The van der Waals surface area contributed by atoms with Crippen LogP contribution >= 0.6 is 11.3 Å². The van der Waals surface area contributed by atoms with Gasteiger partial charge < -0.3 is 24.3 Å². The first-order valence-electron chi connectivity index (χ1n) is 11.8. The predicted molar refractivity (Wildman–Crippen MR) is 140 cm³/mol. The summed E-state index contributed by atoms with van der Waals surface area (Å²) in [6, 6.07) is 15.2. The van der Waals surface area contributed by atoms with Gasteiger partial charge in [-0.15, -0.1) is 11.3 Å². The van der Waals surface area contributed by atoms with Crippen molar-refractivity contribution in [2.75, 3.05) is 13.7 Å². The highest BCUT2D eigenvalue weighted by molar-refractivity contribution is 7.08. The Balaban J connectivity index is 1.42. The second-order valence-electron chi connectivity index (χ2n) is 8.35. The van der Waals surface area contributed by atoms with E-state index in [1.807, 2.05) is 55.5 Å². The normalized spacial score (nSPS) is 10.8. The van der Waals surface area contributed by atoms with E-state index in [2.05, 4.69) is 10.3 Å². The average molecular weight is 521 g/mol. The van der Waals surface area contributed by atoms with E-state index in [4.69, 9.17) is 19.0 Å². The summed E-state index contributed by atoms with van der Waals surface area (Å²) in [6.45, 7) is 2.50. The van der Waals surface area contributed by atoms with E-state index in [9.17, 15) is 9.59 Å². The Labute approximate surface area is 218 Å². The van der Waals surface area contributed by atoms with Gasteiger partial charge in [0.15, 0.2) is 0 Å². The Bertz CT molecular complexity index is 1360. The lowest BCUT2D eigenvalue weighted by Gasteiger charge is -2.13. The number of aromatic nitrogens is 1. The third kappa shape index (κ3) is 6.77. The smallest absolute Gasteiger partial charge is 0.303 e. The van der Waals surface area contributed by atoms with Crippen LogP contribution in [0, 0.1) is 6.92 Å². The SMILES string of the molecule is COc1cscc1C(=O)NCc1cc(OCCc2nc(-c3ccccc3)oc2C)ccc1CCC(=O)O. The minimum Gasteiger partial charge on any atom is -0.495 e. The largest absolute Gasteiger partial charge is 0.495 e. The van der Waals surface area contributed by atoms with Crippen molar-refractivity contribution < 1.29 is 28.6 Å². The molecule has 0 saturated carbocycles. The van der Waals surface area contributed by atoms with Crippen LogP contribution in [0.25, 0.3) is 11.5 Å². The summed E-state index contributed by atoms with van der Waals surface area (Å²) in [4.78, 5) is 28.4. The number of rotatable bonds is 12. The lowest BCUT2D eigenvalue weighted by atomic mass is 10.0. The zero-order valence-corrected chi connectivity index (χ0v) is 21.5. The fourth-order valence-electron chi connectivity index (χ4n) is 3.85. The van der Waals surface area contributed by atoms with Crippen LogP contribution in [-0.4, -0.2) is 35.7 Å². The van der Waals surface area contributed by atoms with Crippen molar-refractivity contribution in [1.29, 1.82) is 0 Å². The number of hydrogen-bond donors (Lipinski definition) is 2. The summed E-state index contributed by atoms with van der Waals surface area (Å²) in [7, 11) is 1.52. The molecule has 4 rings (SSSR count). The highest BCUT2D eigenvalue weighted by Crippen LogP contribution is 2.25. The number of aliphatic carboxylic acids is 1. The van der Waals surface area contributed by atoms with E-state index in [0.29, 0.717) is 42.4 Å². The number of methoxy groups -OCH3 is 1. The monoisotopic (exact) mass is 520 g/mol. The first kappa shape index (κ1) is 26.0. The Morgan fingerprint density at radius 3 is 2.65 bits per heavy atom. The van der Waals surface area contributed by atoms with Crippen molar-refractivity contribution >= 4 is 23.2 Å². The van der Waals surface area contributed by atoms with Crippen molar-refractivity contribution in [2.45, 2.75) is 32.7 Å². The minimum atomic E-state index is -0.879. The third-order valence-electron chi connectivity index (χ3n) is 5.84. The minimum absolute atomic E-state index is 0.00527. The zero-order chi connectivity index (χ0) is 26.2. The zero-order valence-electron chi connectivity index (χ0n) is 20.7. The van der Waals surface area contributed by atoms with Gasteiger partial charge in [0.05, 0.1) is 25.0 Å². The van der Waals surface area contributed by atoms with Gasteiger partial charge in [0.1, 0.15) is 17.3 Å². The number of ether oxygens (including phenoxy) is 2. The number of carboxylic acids is 1. The molecule has 0 aliphatic carbocycles. The third-order valence-corrected chi connectivity index (χ3v) is 6.56. The van der Waals surface area contributed by atoms with E-state index >= 15 is 0 Å². The summed E-state index contributed by atoms with van der Waals surface area (Å²) in [6.07, 6.45) is 0.907. The number of carbonyl (C=O) groups excluding carboxylic acids is 1. The Hall–Kier alpha value is -4.11. The van der Waals surface area contributed by atoms with Gasteiger partial charge in [0.25, 0.3) is 5.91 Å². The molecule has 2 N–H and O–H groups in total. The van der Waals surface area contributed by atoms with Gasteiger partial charge in [-0.3, -0.25) is 9.59 Å². The maximum Gasteiger partial charge on any atom is 0.303 e. The molecule has 2 aromatic heterocycles. The summed E-state index contributed by atoms with van der Waals surface area (Å²) in [5.41, 5.74) is 3.85. The highest BCUT2D eigenvalue weighted by Gasteiger charge is 2.15. The van der Waals surface area contributed by atoms with Gasteiger partial charge in [-0.1, -0.05) is 24.3 Å². The van der Waals surface area contributed by atoms with Gasteiger partial charge >= 0.3 is 5.97 Å². The van der Waals surface area contributed by atoms with Crippen LogP contribution in [0.3, 0.4) is 0 Å². The number of amides is 1. The standard InChI is InChI=1S/C28H28N2O6S/c1-18-24(30-28(36-18)20-6-4-3-5-7-20)12-13-35-22-10-8-19(9-11-26(31)32)21(14-22)15-29-27(33)23-16-37-17-25(23)34-2/h3-8,10,14,16-17H,9,11-13,15H2,1-2H3,(H,29,33)(H,31,32). The molecule has 37 heavy (non-hydrogen) atoms. The number of oxazole rings is 1. The van der Waals surface area contributed by atoms with Crippen LogP contribution in [-0.2, 0) is 24.2 Å². The molecule has 0 aliphatic rings. The number of nitrogens with one attached hydrogen (secondary N) is 1. The number of aryl methyl sites for hydroxylation is 2. The summed E-state index contributed by atoms with van der Waals surface area (Å²) < 4.78 is 17.0. The molecule has 1 amide bonds. The molecule has 2 aromatic carbocycles. The van der Waals surface area contributed by atoms with Crippen molar-refractivity contribution in [2.24, 2.45) is 0 Å². The van der Waals surface area contributed by atoms with Crippen LogP contribution in [0.5, 0.6) is 11.5 Å². The van der Waals surface area contributed by atoms with Crippen molar-refractivity contribution in [1.82, 2.24) is 10.3 Å². The molecule has 2 heterocycles. The predicted octanol–water partition coefficient (Wildman–Crippen LogP) is 5.29. The topological polar surface area (TPSA) is 111 Å². The molecule has 0 spiro atoms. The van der Waals surface area contributed by atoms with Gasteiger partial charge in [-0.05, 0) is 48.7 Å². The summed E-state index contributed by atoms with van der Waals surface area (Å²) >= 11 is 1.38. The molecule has 0 saturated heterocycles. The first-order chi connectivity index (χ1) is 17.9. The molecule has 192 valence electrons. The van der Waals surface area contributed by atoms with E-state index in [1.165, 1.54) is 18.4 Å². The summed E-state index contributed by atoms with van der Waals surface area (Å²) in [5.74, 6) is 1.33. The molecule has 9 heteroatoms. The number of thiophene rings is 1. The van der Waals surface area contributed by atoms with E-state index in [1.54, 1.807) is 10.8 Å². The van der Waals surface area contributed by atoms with Gasteiger partial charge in [0, 0.05) is 35.7 Å². The number of nitrogens with zero attached hydrogens (tertiary/aromatic N) is 1. The van der Waals surface area contributed by atoms with Crippen LogP contribution in [0.1, 0.15) is 39.4 Å². The van der Waals surface area contributed by atoms with E-state index in [0.717, 1.165) is 28.1 Å². The Morgan fingerprint density at radius 2 is 1.89 bits per heavy atom. The van der Waals surface area contributed by atoms with Crippen LogP contribution in [0.4, 0.5) is 0 Å². The molecule has 0 atom stereocenters. The lowest BCUT2D eigenvalue weighted by molar-refractivity contribution is -0.136. The molecular formula is C28H28N2O6S. The number of hydrogen-bond acceptors (Lipinski definition) is 7. The fourth-order valence-corrected chi connectivity index (χ4v) is 4.63. The first-order valence-corrected chi connectivity index (χ1v) is 12.8. The van der Waals surface area contributed by atoms with E-state index < -0.39 is 5.97 Å². The quantitative estimate of drug-likeness (QED) is 0.261. The second kappa shape index (κ2) is 12.2. The lowest BCUT2D eigenvalue weighted by Crippen LogP contribution is -2.23.